The van der Waals surface area contributed by atoms with Gasteiger partial charge in [-0.05, 0) is 24.3 Å². The van der Waals surface area contributed by atoms with Crippen LogP contribution in [0.3, 0.4) is 0 Å². The average Bonchev–Trinajstić information content (AvgIpc) is 2.12. The van der Waals surface area contributed by atoms with Gasteiger partial charge in [0.1, 0.15) is 11.3 Å². The van der Waals surface area contributed by atoms with Gasteiger partial charge in [-0.2, -0.15) is 0 Å². The molecule has 0 saturated heterocycles. The van der Waals surface area contributed by atoms with Crippen molar-refractivity contribution in [2.24, 2.45) is 0 Å². The third kappa shape index (κ3) is 1.82. The Balaban J connectivity index is 0.000000845. The number of hydrogen-bond donors (Lipinski definition) is 1. The Kier molecular flexibility index (Phi) is 3.25. The number of rotatable bonds is 0. The summed E-state index contributed by atoms with van der Waals surface area (Å²) >= 11 is 5.88. The Hall–Kier alpha value is -0.644. The first-order valence-corrected chi connectivity index (χ1v) is 3.89. The van der Waals surface area contributed by atoms with Crippen LogP contribution in [0, 0.1) is 0 Å². The molecule has 0 fully saturated rings. The predicted molar refractivity (Wildman–Crippen MR) is 54.2 cm³/mol. The third-order valence-corrected chi connectivity index (χ3v) is 2.02. The quantitative estimate of drug-likeness (QED) is 0.726. The second-order valence-corrected chi connectivity index (χ2v) is 2.87. The Morgan fingerprint density at radius 1 is 1.23 bits per heavy atom. The van der Waals surface area contributed by atoms with Gasteiger partial charge in [-0.1, -0.05) is 11.6 Å². The molecule has 1 aromatic carbocycles. The third-order valence-electron chi connectivity index (χ3n) is 1.70. The monoisotopic (exact) mass is 248 g/mol. The van der Waals surface area contributed by atoms with Gasteiger partial charge < -0.3 is 5.11 Å². The number of aromatic hydroxyl groups is 1. The van der Waals surface area contributed by atoms with E-state index in [9.17, 15) is 5.11 Å². The zero-order valence-corrected chi connectivity index (χ0v) is 9.92. The Bertz CT molecular complexity index is 392. The number of benzene rings is 1. The van der Waals surface area contributed by atoms with E-state index in [4.69, 9.17) is 11.6 Å². The van der Waals surface area contributed by atoms with Gasteiger partial charge in [0, 0.05) is 31.4 Å². The van der Waals surface area contributed by atoms with Crippen molar-refractivity contribution >= 4 is 42.3 Å². The van der Waals surface area contributed by atoms with Crippen LogP contribution < -0.4 is 0 Å². The molecule has 0 bridgehead atoms. The van der Waals surface area contributed by atoms with Crippen LogP contribution >= 0.6 is 11.6 Å². The largest absolute Gasteiger partial charge is 0.506 e. The van der Waals surface area contributed by atoms with Crippen molar-refractivity contribution in [3.05, 3.63) is 35.5 Å². The molecule has 0 aliphatic carbocycles. The summed E-state index contributed by atoms with van der Waals surface area (Å²) in [7, 11) is 0. The normalized spacial score (nSPS) is 9.62. The number of hydrogen-bond acceptors (Lipinski definition) is 2. The van der Waals surface area contributed by atoms with Crippen molar-refractivity contribution in [3.8, 4) is 5.75 Å². The van der Waals surface area contributed by atoms with Crippen molar-refractivity contribution < 1.29 is 5.11 Å². The summed E-state index contributed by atoms with van der Waals surface area (Å²) in [5.41, 5.74) is 0.546. The Labute approximate surface area is 93.6 Å². The number of phenolic OH excluding ortho intramolecular Hbond substituents is 1. The molecular weight excluding hydrogens is 243 g/mol. The summed E-state index contributed by atoms with van der Waals surface area (Å²) in [5, 5.41) is 10.8. The van der Waals surface area contributed by atoms with Gasteiger partial charge in [0.15, 0.2) is 0 Å². The van der Waals surface area contributed by atoms with Gasteiger partial charge in [-0.3, -0.25) is 4.98 Å². The fourth-order valence-corrected chi connectivity index (χ4v) is 1.34. The molecule has 1 heterocycles. The van der Waals surface area contributed by atoms with E-state index in [0.29, 0.717) is 10.5 Å². The van der Waals surface area contributed by atoms with E-state index >= 15 is 0 Å². The van der Waals surface area contributed by atoms with Crippen LogP contribution in [0.1, 0.15) is 0 Å². The van der Waals surface area contributed by atoms with Crippen LogP contribution in [0.2, 0.25) is 5.02 Å². The summed E-state index contributed by atoms with van der Waals surface area (Å²) in [6.07, 6.45) is 1.62. The van der Waals surface area contributed by atoms with Crippen molar-refractivity contribution in [3.63, 3.8) is 0 Å². The van der Waals surface area contributed by atoms with Gasteiger partial charge in [0.2, 0.25) is 0 Å². The van der Waals surface area contributed by atoms with Crippen molar-refractivity contribution in [2.45, 2.75) is 0 Å². The minimum absolute atomic E-state index is 0. The smallest absolute Gasteiger partial charge is 0.141 e. The number of nitrogens with zero attached hydrogens (tertiary/aromatic N) is 1. The van der Waals surface area contributed by atoms with E-state index < -0.39 is 0 Å². The molecule has 63 valence electrons. The fourth-order valence-electron chi connectivity index (χ4n) is 1.12. The maximum atomic E-state index is 9.37. The molecule has 0 aliphatic heterocycles. The summed E-state index contributed by atoms with van der Waals surface area (Å²) < 4.78 is 0. The zero-order chi connectivity index (χ0) is 8.55. The summed E-state index contributed by atoms with van der Waals surface area (Å²) in [4.78, 5) is 4.01. The first-order valence-electron chi connectivity index (χ1n) is 3.51. The minimum atomic E-state index is 0. The second kappa shape index (κ2) is 4.04. The van der Waals surface area contributed by atoms with Crippen LogP contribution in [0.15, 0.2) is 30.5 Å². The first kappa shape index (κ1) is 10.4. The number of fused-ring (bicyclic) bond motifs is 1. The maximum absolute atomic E-state index is 9.37. The number of pyridine rings is 1. The molecule has 0 aliphatic rings. The average molecular weight is 249 g/mol. The molecule has 0 spiro atoms. The zero-order valence-electron chi connectivity index (χ0n) is 6.74. The molecule has 1 aromatic heterocycles. The Morgan fingerprint density at radius 3 is 2.69 bits per heavy atom. The maximum Gasteiger partial charge on any atom is 0.141 e. The number of halogens is 1. The van der Waals surface area contributed by atoms with Gasteiger partial charge in [0.05, 0.1) is 5.02 Å². The molecule has 2 aromatic rings. The van der Waals surface area contributed by atoms with E-state index in [1.165, 1.54) is 6.07 Å². The van der Waals surface area contributed by atoms with Gasteiger partial charge in [-0.15, -0.1) is 0 Å². The van der Waals surface area contributed by atoms with Crippen LogP contribution in [0.5, 0.6) is 5.75 Å². The Morgan fingerprint density at radius 2 is 2.00 bits per heavy atom. The summed E-state index contributed by atoms with van der Waals surface area (Å²) in [6, 6.07) is 6.80. The molecule has 3 radical (unpaired) electrons. The fraction of sp³-hybridized carbons (Fsp3) is 0. The van der Waals surface area contributed by atoms with E-state index in [0.717, 1.165) is 5.39 Å². The second-order valence-electron chi connectivity index (χ2n) is 2.47. The molecule has 0 saturated carbocycles. The molecule has 2 nitrogen and oxygen atoms in total. The molecule has 0 atom stereocenters. The topological polar surface area (TPSA) is 33.1 Å². The van der Waals surface area contributed by atoms with E-state index in [1.54, 1.807) is 18.3 Å². The summed E-state index contributed by atoms with van der Waals surface area (Å²) in [5.74, 6) is 0.162. The van der Waals surface area contributed by atoms with E-state index in [-0.39, 0.29) is 25.5 Å². The number of phenols is 1. The van der Waals surface area contributed by atoms with E-state index in [1.807, 2.05) is 6.07 Å². The van der Waals surface area contributed by atoms with Gasteiger partial charge >= 0.3 is 0 Å². The molecule has 0 unspecified atom stereocenters. The van der Waals surface area contributed by atoms with Crippen LogP contribution in [0.4, 0.5) is 0 Å². The minimum Gasteiger partial charge on any atom is -0.506 e. The van der Waals surface area contributed by atoms with Crippen LogP contribution in [-0.4, -0.2) is 29.9 Å². The van der Waals surface area contributed by atoms with Crippen LogP contribution in [-0.2, 0) is 0 Å². The molecule has 1 N–H and O–H groups in total. The van der Waals surface area contributed by atoms with Gasteiger partial charge in [0.25, 0.3) is 0 Å². The van der Waals surface area contributed by atoms with Crippen molar-refractivity contribution in [2.75, 3.05) is 0 Å². The number of aromatic nitrogens is 1. The van der Waals surface area contributed by atoms with Crippen molar-refractivity contribution in [1.29, 1.82) is 0 Å². The standard InChI is InChI=1S/C9H6ClNO.Ga/c10-7-3-4-8(12)9-6(7)2-1-5-11-9;/h1-5,12H;. The molecule has 2 rings (SSSR count). The molecule has 13 heavy (non-hydrogen) atoms. The van der Waals surface area contributed by atoms with Crippen LogP contribution in [0.25, 0.3) is 10.9 Å². The van der Waals surface area contributed by atoms with Crippen molar-refractivity contribution in [1.82, 2.24) is 4.98 Å². The summed E-state index contributed by atoms with van der Waals surface area (Å²) in [6.45, 7) is 0. The molecule has 0 amide bonds. The van der Waals surface area contributed by atoms with Gasteiger partial charge in [-0.25, -0.2) is 0 Å². The van der Waals surface area contributed by atoms with E-state index in [2.05, 4.69) is 4.98 Å². The molecular formula is C9H6ClGaNO. The molecule has 4 heteroatoms. The predicted octanol–water partition coefficient (Wildman–Crippen LogP) is 2.21. The first-order chi connectivity index (χ1) is 5.79. The SMILES string of the molecule is Oc1ccc(Cl)c2cccnc12.[Ga].